The molecule has 0 aliphatic heterocycles. The number of nitrogens with one attached hydrogen (secondary N) is 1. The second-order valence-electron chi connectivity index (χ2n) is 5.69. The minimum atomic E-state index is -0.0596. The average molecular weight is 351 g/mol. The summed E-state index contributed by atoms with van der Waals surface area (Å²) in [6.45, 7) is 3.86. The molecule has 0 fully saturated rings. The van der Waals surface area contributed by atoms with Crippen LogP contribution in [0.25, 0.3) is 20.7 Å². The van der Waals surface area contributed by atoms with Crippen molar-refractivity contribution in [3.05, 3.63) is 54.4 Å². The zero-order valence-corrected chi connectivity index (χ0v) is 14.7. The van der Waals surface area contributed by atoms with Crippen LogP contribution in [-0.4, -0.2) is 20.1 Å². The van der Waals surface area contributed by atoms with Crippen LogP contribution in [0, 0.1) is 6.92 Å². The molecule has 0 aliphatic rings. The van der Waals surface area contributed by atoms with E-state index >= 15 is 0 Å². The molecule has 1 unspecified atom stereocenters. The molecular weight excluding hydrogens is 334 g/mol. The molecule has 0 saturated heterocycles. The van der Waals surface area contributed by atoms with Crippen molar-refractivity contribution in [2.75, 3.05) is 5.32 Å². The summed E-state index contributed by atoms with van der Waals surface area (Å²) < 4.78 is 5.10. The summed E-state index contributed by atoms with van der Waals surface area (Å²) in [4.78, 5) is 15.3. The van der Waals surface area contributed by atoms with Gasteiger partial charge in [0.1, 0.15) is 17.0 Å². The highest BCUT2D eigenvalue weighted by molar-refractivity contribution is 7.21. The molecule has 7 heteroatoms. The number of thiophene rings is 1. The molecule has 3 aromatic heterocycles. The smallest absolute Gasteiger partial charge is 0.223 e. The van der Waals surface area contributed by atoms with Crippen molar-refractivity contribution >= 4 is 27.4 Å². The summed E-state index contributed by atoms with van der Waals surface area (Å²) in [6, 6.07) is 12.4. The summed E-state index contributed by atoms with van der Waals surface area (Å²) in [5, 5.41) is 8.47. The first-order chi connectivity index (χ1) is 12.2. The SMILES string of the molecule is CCC(Nc1ncnc2sc(-c3ccccc3)cc12)c1noc(C)n1. The van der Waals surface area contributed by atoms with E-state index in [1.165, 1.54) is 10.4 Å². The molecule has 0 amide bonds. The maximum Gasteiger partial charge on any atom is 0.223 e. The quantitative estimate of drug-likeness (QED) is 0.566. The topological polar surface area (TPSA) is 76.7 Å². The van der Waals surface area contributed by atoms with E-state index in [0.717, 1.165) is 22.5 Å². The van der Waals surface area contributed by atoms with Crippen molar-refractivity contribution in [3.63, 3.8) is 0 Å². The third kappa shape index (κ3) is 3.10. The molecule has 4 aromatic rings. The van der Waals surface area contributed by atoms with Gasteiger partial charge in [0.05, 0.1) is 11.4 Å². The molecule has 0 bridgehead atoms. The number of aromatic nitrogens is 4. The van der Waals surface area contributed by atoms with Crippen molar-refractivity contribution in [3.8, 4) is 10.4 Å². The van der Waals surface area contributed by atoms with Gasteiger partial charge in [-0.15, -0.1) is 11.3 Å². The number of anilines is 1. The highest BCUT2D eigenvalue weighted by Gasteiger charge is 2.18. The fourth-order valence-corrected chi connectivity index (χ4v) is 3.69. The van der Waals surface area contributed by atoms with E-state index in [-0.39, 0.29) is 6.04 Å². The molecule has 0 aliphatic carbocycles. The largest absolute Gasteiger partial charge is 0.359 e. The molecule has 1 N–H and O–H groups in total. The first-order valence-electron chi connectivity index (χ1n) is 8.11. The Balaban J connectivity index is 1.71. The van der Waals surface area contributed by atoms with Gasteiger partial charge in [-0.2, -0.15) is 4.98 Å². The summed E-state index contributed by atoms with van der Waals surface area (Å²) in [6.07, 6.45) is 2.41. The number of rotatable bonds is 5. The first-order valence-corrected chi connectivity index (χ1v) is 8.93. The van der Waals surface area contributed by atoms with Crippen LogP contribution >= 0.6 is 11.3 Å². The predicted octanol–water partition coefficient (Wildman–Crippen LogP) is 4.61. The maximum atomic E-state index is 5.10. The van der Waals surface area contributed by atoms with Crippen LogP contribution in [0.4, 0.5) is 5.82 Å². The number of hydrogen-bond acceptors (Lipinski definition) is 7. The van der Waals surface area contributed by atoms with E-state index in [9.17, 15) is 0 Å². The Kier molecular flexibility index (Phi) is 4.15. The fraction of sp³-hybridized carbons (Fsp3) is 0.222. The van der Waals surface area contributed by atoms with Gasteiger partial charge in [0.25, 0.3) is 0 Å². The molecule has 126 valence electrons. The van der Waals surface area contributed by atoms with Gasteiger partial charge in [0.2, 0.25) is 5.89 Å². The Labute approximate surface area is 149 Å². The van der Waals surface area contributed by atoms with Gasteiger partial charge in [-0.1, -0.05) is 42.4 Å². The molecule has 0 spiro atoms. The van der Waals surface area contributed by atoms with Crippen molar-refractivity contribution in [2.45, 2.75) is 26.3 Å². The Hall–Kier alpha value is -2.80. The monoisotopic (exact) mass is 351 g/mol. The number of hydrogen-bond donors (Lipinski definition) is 1. The lowest BCUT2D eigenvalue weighted by molar-refractivity contribution is 0.384. The van der Waals surface area contributed by atoms with Crippen LogP contribution in [-0.2, 0) is 0 Å². The Morgan fingerprint density at radius 3 is 2.76 bits per heavy atom. The number of aryl methyl sites for hydroxylation is 1. The van der Waals surface area contributed by atoms with E-state index in [1.807, 2.05) is 18.2 Å². The predicted molar refractivity (Wildman–Crippen MR) is 98.5 cm³/mol. The lowest BCUT2D eigenvalue weighted by Crippen LogP contribution is -2.12. The molecule has 1 atom stereocenters. The van der Waals surface area contributed by atoms with E-state index in [2.05, 4.69) is 50.5 Å². The van der Waals surface area contributed by atoms with Crippen LogP contribution in [0.2, 0.25) is 0 Å². The van der Waals surface area contributed by atoms with Crippen molar-refractivity contribution in [1.29, 1.82) is 0 Å². The Bertz CT molecular complexity index is 995. The van der Waals surface area contributed by atoms with Crippen LogP contribution in [0.5, 0.6) is 0 Å². The minimum Gasteiger partial charge on any atom is -0.359 e. The molecular formula is C18H17N5OS. The van der Waals surface area contributed by atoms with Crippen LogP contribution in [0.3, 0.4) is 0 Å². The average Bonchev–Trinajstić information content (AvgIpc) is 3.27. The summed E-state index contributed by atoms with van der Waals surface area (Å²) in [5.41, 5.74) is 1.18. The van der Waals surface area contributed by atoms with Crippen LogP contribution < -0.4 is 5.32 Å². The summed E-state index contributed by atoms with van der Waals surface area (Å²) >= 11 is 1.66. The van der Waals surface area contributed by atoms with Gasteiger partial charge >= 0.3 is 0 Å². The molecule has 1 aromatic carbocycles. The Morgan fingerprint density at radius 2 is 2.04 bits per heavy atom. The molecule has 0 saturated carbocycles. The van der Waals surface area contributed by atoms with E-state index < -0.39 is 0 Å². The lowest BCUT2D eigenvalue weighted by Gasteiger charge is -2.14. The normalized spacial score (nSPS) is 12.4. The molecule has 3 heterocycles. The number of benzene rings is 1. The fourth-order valence-electron chi connectivity index (χ4n) is 2.69. The first kappa shape index (κ1) is 15.7. The Morgan fingerprint density at radius 1 is 1.20 bits per heavy atom. The molecule has 6 nitrogen and oxygen atoms in total. The van der Waals surface area contributed by atoms with Crippen LogP contribution in [0.1, 0.15) is 31.1 Å². The van der Waals surface area contributed by atoms with Gasteiger partial charge in [-0.25, -0.2) is 9.97 Å². The van der Waals surface area contributed by atoms with E-state index in [1.54, 1.807) is 24.6 Å². The van der Waals surface area contributed by atoms with Gasteiger partial charge in [-0.05, 0) is 18.1 Å². The third-order valence-corrected chi connectivity index (χ3v) is 5.05. The van der Waals surface area contributed by atoms with Gasteiger partial charge in [0, 0.05) is 11.8 Å². The second kappa shape index (κ2) is 6.60. The minimum absolute atomic E-state index is 0.0596. The number of nitrogens with zero attached hydrogens (tertiary/aromatic N) is 4. The van der Waals surface area contributed by atoms with Gasteiger partial charge < -0.3 is 9.84 Å². The maximum absolute atomic E-state index is 5.10. The number of fused-ring (bicyclic) bond motifs is 1. The third-order valence-electron chi connectivity index (χ3n) is 3.96. The van der Waals surface area contributed by atoms with E-state index in [0.29, 0.717) is 11.7 Å². The summed E-state index contributed by atoms with van der Waals surface area (Å²) in [5.74, 6) is 1.99. The van der Waals surface area contributed by atoms with Crippen LogP contribution in [0.15, 0.2) is 47.2 Å². The van der Waals surface area contributed by atoms with Crippen molar-refractivity contribution in [1.82, 2.24) is 20.1 Å². The zero-order chi connectivity index (χ0) is 17.2. The summed E-state index contributed by atoms with van der Waals surface area (Å²) in [7, 11) is 0. The van der Waals surface area contributed by atoms with Crippen molar-refractivity contribution in [2.24, 2.45) is 0 Å². The second-order valence-corrected chi connectivity index (χ2v) is 6.73. The molecule has 25 heavy (non-hydrogen) atoms. The van der Waals surface area contributed by atoms with E-state index in [4.69, 9.17) is 4.52 Å². The highest BCUT2D eigenvalue weighted by atomic mass is 32.1. The highest BCUT2D eigenvalue weighted by Crippen LogP contribution is 2.35. The lowest BCUT2D eigenvalue weighted by atomic mass is 10.1. The van der Waals surface area contributed by atoms with Gasteiger partial charge in [0.15, 0.2) is 5.82 Å². The molecule has 4 rings (SSSR count). The standard InChI is InChI=1S/C18H17N5OS/c1-3-14(17-21-11(2)24-23-17)22-16-13-9-15(12-7-5-4-6-8-12)25-18(13)20-10-19-16/h4-10,14H,3H2,1-2H3,(H,19,20,22). The zero-order valence-electron chi connectivity index (χ0n) is 13.9. The van der Waals surface area contributed by atoms with Crippen molar-refractivity contribution < 1.29 is 4.52 Å². The molecule has 0 radical (unpaired) electrons. The van der Waals surface area contributed by atoms with Gasteiger partial charge in [-0.3, -0.25) is 0 Å².